The molecule has 0 saturated carbocycles. The summed E-state index contributed by atoms with van der Waals surface area (Å²) in [7, 11) is 0. The lowest BCUT2D eigenvalue weighted by Gasteiger charge is -2.15. The molecule has 0 fully saturated rings. The van der Waals surface area contributed by atoms with E-state index in [1.807, 2.05) is 26.0 Å². The molecule has 0 aliphatic carbocycles. The Balaban J connectivity index is 2.91. The van der Waals surface area contributed by atoms with Crippen LogP contribution in [0.1, 0.15) is 18.9 Å². The van der Waals surface area contributed by atoms with Crippen LogP contribution in [0.5, 0.6) is 0 Å². The predicted molar refractivity (Wildman–Crippen MR) is 75.4 cm³/mol. The van der Waals surface area contributed by atoms with Gasteiger partial charge in [0.2, 0.25) is 5.91 Å². The van der Waals surface area contributed by atoms with Gasteiger partial charge in [0, 0.05) is 0 Å². The summed E-state index contributed by atoms with van der Waals surface area (Å²) in [5, 5.41) is 3.28. The number of carbonyl (C=O) groups excluding carboxylic acids is 1. The molecule has 0 saturated heterocycles. The molecule has 0 aromatic heterocycles. The van der Waals surface area contributed by atoms with Gasteiger partial charge in [-0.1, -0.05) is 42.9 Å². The van der Waals surface area contributed by atoms with Crippen LogP contribution in [0, 0.1) is 12.8 Å². The molecule has 0 spiro atoms. The Morgan fingerprint density at radius 2 is 2.24 bits per heavy atom. The van der Waals surface area contributed by atoms with E-state index in [1.54, 1.807) is 6.07 Å². The highest BCUT2D eigenvalue weighted by molar-refractivity contribution is 7.80. The second kappa shape index (κ2) is 5.98. The second-order valence-corrected chi connectivity index (χ2v) is 4.66. The zero-order chi connectivity index (χ0) is 13.0. The van der Waals surface area contributed by atoms with Crippen molar-refractivity contribution in [3.63, 3.8) is 0 Å². The maximum absolute atomic E-state index is 12.0. The van der Waals surface area contributed by atoms with E-state index in [1.165, 1.54) is 0 Å². The van der Waals surface area contributed by atoms with Crippen molar-refractivity contribution in [1.82, 2.24) is 0 Å². The van der Waals surface area contributed by atoms with E-state index in [0.717, 1.165) is 5.56 Å². The third-order valence-corrected chi connectivity index (χ3v) is 3.14. The zero-order valence-corrected chi connectivity index (χ0v) is 11.4. The van der Waals surface area contributed by atoms with Crippen LogP contribution in [-0.2, 0) is 4.79 Å². The number of para-hydroxylation sites is 1. The molecular formula is C12H15ClN2OS. The first-order chi connectivity index (χ1) is 7.97. The molecular weight excluding hydrogens is 256 g/mol. The van der Waals surface area contributed by atoms with Gasteiger partial charge in [0.05, 0.1) is 21.6 Å². The van der Waals surface area contributed by atoms with E-state index in [9.17, 15) is 4.79 Å². The molecule has 1 rings (SSSR count). The summed E-state index contributed by atoms with van der Waals surface area (Å²) in [6, 6.07) is 5.44. The summed E-state index contributed by atoms with van der Waals surface area (Å²) < 4.78 is 0. The van der Waals surface area contributed by atoms with Crippen molar-refractivity contribution in [2.24, 2.45) is 11.7 Å². The number of hydrogen-bond donors (Lipinski definition) is 2. The van der Waals surface area contributed by atoms with E-state index in [0.29, 0.717) is 17.1 Å². The molecule has 1 aromatic rings. The Bertz CT molecular complexity index is 428. The van der Waals surface area contributed by atoms with Gasteiger partial charge in [-0.15, -0.1) is 0 Å². The highest BCUT2D eigenvalue weighted by atomic mass is 35.5. The van der Waals surface area contributed by atoms with Crippen LogP contribution in [0.25, 0.3) is 0 Å². The fourth-order valence-corrected chi connectivity index (χ4v) is 2.06. The number of hydrogen-bond acceptors (Lipinski definition) is 2. The van der Waals surface area contributed by atoms with Crippen LogP contribution in [0.3, 0.4) is 0 Å². The van der Waals surface area contributed by atoms with Gasteiger partial charge in [-0.25, -0.2) is 0 Å². The molecule has 0 radical (unpaired) electrons. The number of carbonyl (C=O) groups is 1. The summed E-state index contributed by atoms with van der Waals surface area (Å²) in [6.07, 6.45) is 0.574. The normalized spacial score (nSPS) is 11.9. The molecule has 3 N–H and O–H groups in total. The Labute approximate surface area is 111 Å². The fraction of sp³-hybridized carbons (Fsp3) is 0.333. The summed E-state index contributed by atoms with van der Waals surface area (Å²) in [5.74, 6) is -0.670. The largest absolute Gasteiger partial charge is 0.393 e. The average Bonchev–Trinajstić information content (AvgIpc) is 2.24. The molecule has 1 atom stereocenters. The molecule has 3 nitrogen and oxygen atoms in total. The third kappa shape index (κ3) is 3.41. The number of thiocarbonyl (C=S) groups is 1. The minimum atomic E-state index is -0.458. The number of amides is 1. The number of nitrogens with one attached hydrogen (secondary N) is 1. The first-order valence-electron chi connectivity index (χ1n) is 5.32. The average molecular weight is 271 g/mol. The van der Waals surface area contributed by atoms with E-state index in [2.05, 4.69) is 5.32 Å². The van der Waals surface area contributed by atoms with Crippen molar-refractivity contribution in [3.05, 3.63) is 28.8 Å². The number of aryl methyl sites for hydroxylation is 1. The lowest BCUT2D eigenvalue weighted by atomic mass is 10.1. The van der Waals surface area contributed by atoms with Gasteiger partial charge in [0.1, 0.15) is 0 Å². The summed E-state index contributed by atoms with van der Waals surface area (Å²) in [4.78, 5) is 12.2. The van der Waals surface area contributed by atoms with E-state index in [-0.39, 0.29) is 10.9 Å². The number of benzene rings is 1. The van der Waals surface area contributed by atoms with Crippen LogP contribution >= 0.6 is 23.8 Å². The summed E-state index contributed by atoms with van der Waals surface area (Å²) in [5.41, 5.74) is 7.04. The fourth-order valence-electron chi connectivity index (χ4n) is 1.52. The number of nitrogens with two attached hydrogens (primary N) is 1. The Morgan fingerprint density at radius 1 is 1.59 bits per heavy atom. The van der Waals surface area contributed by atoms with Gasteiger partial charge in [0.15, 0.2) is 0 Å². The highest BCUT2D eigenvalue weighted by Gasteiger charge is 2.20. The predicted octanol–water partition coefficient (Wildman–Crippen LogP) is 2.90. The molecule has 0 aliphatic heterocycles. The monoisotopic (exact) mass is 270 g/mol. The lowest BCUT2D eigenvalue weighted by molar-refractivity contribution is -0.118. The molecule has 5 heteroatoms. The molecule has 0 heterocycles. The molecule has 1 amide bonds. The topological polar surface area (TPSA) is 55.1 Å². The van der Waals surface area contributed by atoms with E-state index < -0.39 is 5.92 Å². The molecule has 0 bridgehead atoms. The van der Waals surface area contributed by atoms with Gasteiger partial charge in [-0.05, 0) is 25.0 Å². The quantitative estimate of drug-likeness (QED) is 0.827. The van der Waals surface area contributed by atoms with Crippen LogP contribution in [0.2, 0.25) is 5.02 Å². The number of rotatable bonds is 4. The smallest absolute Gasteiger partial charge is 0.234 e. The molecule has 1 unspecified atom stereocenters. The van der Waals surface area contributed by atoms with Crippen LogP contribution in [0.4, 0.5) is 5.69 Å². The van der Waals surface area contributed by atoms with Crippen molar-refractivity contribution < 1.29 is 4.79 Å². The van der Waals surface area contributed by atoms with Crippen LogP contribution in [-0.4, -0.2) is 10.9 Å². The Kier molecular flexibility index (Phi) is 4.90. The van der Waals surface area contributed by atoms with Gasteiger partial charge >= 0.3 is 0 Å². The third-order valence-electron chi connectivity index (χ3n) is 2.54. The second-order valence-electron chi connectivity index (χ2n) is 3.78. The molecule has 17 heavy (non-hydrogen) atoms. The minimum absolute atomic E-state index is 0.203. The van der Waals surface area contributed by atoms with Crippen molar-refractivity contribution in [3.8, 4) is 0 Å². The van der Waals surface area contributed by atoms with Gasteiger partial charge in [-0.2, -0.15) is 0 Å². The Morgan fingerprint density at radius 3 is 2.71 bits per heavy atom. The molecule has 1 aromatic carbocycles. The van der Waals surface area contributed by atoms with Crippen molar-refractivity contribution >= 4 is 40.4 Å². The van der Waals surface area contributed by atoms with Gasteiger partial charge in [0.25, 0.3) is 0 Å². The maximum atomic E-state index is 12.0. The van der Waals surface area contributed by atoms with Crippen LogP contribution in [0.15, 0.2) is 18.2 Å². The SMILES string of the molecule is CCC(C(=O)Nc1c(C)cccc1Cl)C(N)=S. The maximum Gasteiger partial charge on any atom is 0.234 e. The van der Waals surface area contributed by atoms with Crippen molar-refractivity contribution in [2.45, 2.75) is 20.3 Å². The minimum Gasteiger partial charge on any atom is -0.393 e. The number of anilines is 1. The van der Waals surface area contributed by atoms with Crippen molar-refractivity contribution in [2.75, 3.05) is 5.32 Å². The Hall–Kier alpha value is -1.13. The first kappa shape index (κ1) is 13.9. The summed E-state index contributed by atoms with van der Waals surface area (Å²) >= 11 is 10.9. The molecule has 0 aliphatic rings. The van der Waals surface area contributed by atoms with E-state index in [4.69, 9.17) is 29.6 Å². The summed E-state index contributed by atoms with van der Waals surface area (Å²) in [6.45, 7) is 3.74. The van der Waals surface area contributed by atoms with Crippen molar-refractivity contribution in [1.29, 1.82) is 0 Å². The first-order valence-corrected chi connectivity index (χ1v) is 6.11. The van der Waals surface area contributed by atoms with Crippen LogP contribution < -0.4 is 11.1 Å². The zero-order valence-electron chi connectivity index (χ0n) is 9.79. The standard InChI is InChI=1S/C12H15ClN2OS/c1-3-8(11(14)17)12(16)15-10-7(2)5-4-6-9(10)13/h4-6,8H,3H2,1-2H3,(H2,14,17)(H,15,16). The van der Waals surface area contributed by atoms with Gasteiger partial charge < -0.3 is 11.1 Å². The number of halogens is 1. The van der Waals surface area contributed by atoms with Gasteiger partial charge in [-0.3, -0.25) is 4.79 Å². The highest BCUT2D eigenvalue weighted by Crippen LogP contribution is 2.25. The van der Waals surface area contributed by atoms with E-state index >= 15 is 0 Å². The molecule has 92 valence electrons. The lowest BCUT2D eigenvalue weighted by Crippen LogP contribution is -2.32.